The van der Waals surface area contributed by atoms with E-state index in [2.05, 4.69) is 10.3 Å². The number of fused-ring (bicyclic) bond motifs is 2. The second-order valence-corrected chi connectivity index (χ2v) is 5.00. The van der Waals surface area contributed by atoms with Gasteiger partial charge in [0.1, 0.15) is 11.3 Å². The summed E-state index contributed by atoms with van der Waals surface area (Å²) in [5, 5.41) is 2.87. The van der Waals surface area contributed by atoms with Gasteiger partial charge < -0.3 is 14.8 Å². The molecule has 0 radical (unpaired) electrons. The van der Waals surface area contributed by atoms with E-state index >= 15 is 0 Å². The SMILES string of the molecule is Cc1nc2ccccn2c1C(=O)Nc1ccc2c(c1)OCO2. The Balaban J connectivity index is 1.68. The number of anilines is 1. The summed E-state index contributed by atoms with van der Waals surface area (Å²) in [5.41, 5.74) is 2.60. The Labute approximate surface area is 126 Å². The molecular weight excluding hydrogens is 282 g/mol. The number of hydrogen-bond acceptors (Lipinski definition) is 4. The average molecular weight is 295 g/mol. The number of aromatic nitrogens is 2. The van der Waals surface area contributed by atoms with Crippen molar-refractivity contribution in [2.24, 2.45) is 0 Å². The van der Waals surface area contributed by atoms with Crippen LogP contribution in [0.1, 0.15) is 16.2 Å². The number of nitrogens with one attached hydrogen (secondary N) is 1. The van der Waals surface area contributed by atoms with Crippen molar-refractivity contribution in [1.82, 2.24) is 9.38 Å². The highest BCUT2D eigenvalue weighted by atomic mass is 16.7. The third-order valence-corrected chi connectivity index (χ3v) is 3.55. The number of benzene rings is 1. The molecule has 110 valence electrons. The van der Waals surface area contributed by atoms with Crippen LogP contribution >= 0.6 is 0 Å². The van der Waals surface area contributed by atoms with Gasteiger partial charge in [-0.25, -0.2) is 4.98 Å². The van der Waals surface area contributed by atoms with Gasteiger partial charge in [-0.1, -0.05) is 6.07 Å². The molecule has 1 amide bonds. The van der Waals surface area contributed by atoms with Crippen LogP contribution in [0.2, 0.25) is 0 Å². The molecule has 3 heterocycles. The standard InChI is InChI=1S/C16H13N3O3/c1-10-15(19-7-3-2-4-14(19)17-10)16(20)18-11-5-6-12-13(8-11)22-9-21-12/h2-8H,9H2,1H3,(H,18,20). The number of carbonyl (C=O) groups is 1. The summed E-state index contributed by atoms with van der Waals surface area (Å²) >= 11 is 0. The summed E-state index contributed by atoms with van der Waals surface area (Å²) in [6.45, 7) is 2.03. The van der Waals surface area contributed by atoms with Gasteiger partial charge in [-0.05, 0) is 31.2 Å². The van der Waals surface area contributed by atoms with Crippen LogP contribution in [0.5, 0.6) is 11.5 Å². The Morgan fingerprint density at radius 1 is 1.23 bits per heavy atom. The topological polar surface area (TPSA) is 64.9 Å². The van der Waals surface area contributed by atoms with Gasteiger partial charge in [0.05, 0.1) is 5.69 Å². The highest BCUT2D eigenvalue weighted by Crippen LogP contribution is 2.34. The van der Waals surface area contributed by atoms with Crippen LogP contribution in [0, 0.1) is 6.92 Å². The minimum atomic E-state index is -0.213. The van der Waals surface area contributed by atoms with Crippen molar-refractivity contribution >= 4 is 17.2 Å². The molecule has 0 spiro atoms. The van der Waals surface area contributed by atoms with Crippen molar-refractivity contribution in [2.45, 2.75) is 6.92 Å². The van der Waals surface area contributed by atoms with E-state index < -0.39 is 0 Å². The fraction of sp³-hybridized carbons (Fsp3) is 0.125. The third-order valence-electron chi connectivity index (χ3n) is 3.55. The third kappa shape index (κ3) is 1.96. The van der Waals surface area contributed by atoms with Crippen LogP contribution in [0.4, 0.5) is 5.69 Å². The fourth-order valence-corrected chi connectivity index (χ4v) is 2.55. The van der Waals surface area contributed by atoms with Gasteiger partial charge >= 0.3 is 0 Å². The van der Waals surface area contributed by atoms with Crippen LogP contribution in [0.25, 0.3) is 5.65 Å². The van der Waals surface area contributed by atoms with Gasteiger partial charge in [0.25, 0.3) is 5.91 Å². The van der Waals surface area contributed by atoms with Gasteiger partial charge in [-0.15, -0.1) is 0 Å². The minimum Gasteiger partial charge on any atom is -0.454 e. The molecular formula is C16H13N3O3. The zero-order chi connectivity index (χ0) is 15.1. The van der Waals surface area contributed by atoms with Crippen molar-refractivity contribution in [1.29, 1.82) is 0 Å². The summed E-state index contributed by atoms with van der Waals surface area (Å²) in [5.74, 6) is 1.10. The number of ether oxygens (including phenoxy) is 2. The quantitative estimate of drug-likeness (QED) is 0.789. The van der Waals surface area contributed by atoms with E-state index in [1.807, 2.05) is 31.3 Å². The highest BCUT2D eigenvalue weighted by molar-refractivity contribution is 6.04. The maximum atomic E-state index is 12.6. The molecule has 0 aliphatic carbocycles. The van der Waals surface area contributed by atoms with Crippen LogP contribution in [0.15, 0.2) is 42.6 Å². The molecule has 0 unspecified atom stereocenters. The van der Waals surface area contributed by atoms with E-state index in [0.717, 1.165) is 5.65 Å². The smallest absolute Gasteiger partial charge is 0.274 e. The Kier molecular flexibility index (Phi) is 2.75. The predicted octanol–water partition coefficient (Wildman–Crippen LogP) is 2.62. The first-order valence-electron chi connectivity index (χ1n) is 6.87. The zero-order valence-corrected chi connectivity index (χ0v) is 11.9. The number of rotatable bonds is 2. The van der Waals surface area contributed by atoms with Crippen molar-refractivity contribution in [3.8, 4) is 11.5 Å². The Hall–Kier alpha value is -3.02. The number of nitrogens with zero attached hydrogens (tertiary/aromatic N) is 2. The second-order valence-electron chi connectivity index (χ2n) is 5.00. The number of hydrogen-bond donors (Lipinski definition) is 1. The number of carbonyl (C=O) groups excluding carboxylic acids is 1. The Morgan fingerprint density at radius 3 is 3.00 bits per heavy atom. The summed E-state index contributed by atoms with van der Waals surface area (Å²) in [7, 11) is 0. The van der Waals surface area contributed by atoms with Crippen molar-refractivity contribution in [3.05, 3.63) is 54.0 Å². The molecule has 6 nitrogen and oxygen atoms in total. The molecule has 3 aromatic rings. The van der Waals surface area contributed by atoms with E-state index in [1.54, 1.807) is 22.6 Å². The lowest BCUT2D eigenvalue weighted by Crippen LogP contribution is -2.15. The number of amides is 1. The number of pyridine rings is 1. The van der Waals surface area contributed by atoms with E-state index in [-0.39, 0.29) is 12.7 Å². The monoisotopic (exact) mass is 295 g/mol. The molecule has 1 aliphatic heterocycles. The predicted molar refractivity (Wildman–Crippen MR) is 80.4 cm³/mol. The molecule has 22 heavy (non-hydrogen) atoms. The lowest BCUT2D eigenvalue weighted by atomic mass is 10.2. The highest BCUT2D eigenvalue weighted by Gasteiger charge is 2.18. The first kappa shape index (κ1) is 12.7. The van der Waals surface area contributed by atoms with Gasteiger partial charge in [0, 0.05) is 18.0 Å². The molecule has 2 aromatic heterocycles. The van der Waals surface area contributed by atoms with Crippen molar-refractivity contribution in [3.63, 3.8) is 0 Å². The average Bonchev–Trinajstić information content (AvgIpc) is 3.09. The van der Waals surface area contributed by atoms with Crippen molar-refractivity contribution < 1.29 is 14.3 Å². The summed E-state index contributed by atoms with van der Waals surface area (Å²) in [6.07, 6.45) is 1.82. The van der Waals surface area contributed by atoms with Gasteiger partial charge in [-0.3, -0.25) is 9.20 Å². The fourth-order valence-electron chi connectivity index (χ4n) is 2.55. The van der Waals surface area contributed by atoms with E-state index in [9.17, 15) is 4.79 Å². The lowest BCUT2D eigenvalue weighted by Gasteiger charge is -2.07. The first-order valence-corrected chi connectivity index (χ1v) is 6.87. The molecule has 6 heteroatoms. The van der Waals surface area contributed by atoms with Gasteiger partial charge in [0.15, 0.2) is 11.5 Å². The number of aryl methyl sites for hydroxylation is 1. The summed E-state index contributed by atoms with van der Waals surface area (Å²) < 4.78 is 12.3. The van der Waals surface area contributed by atoms with E-state index in [1.165, 1.54) is 0 Å². The largest absolute Gasteiger partial charge is 0.454 e. The van der Waals surface area contributed by atoms with Crippen LogP contribution in [0.3, 0.4) is 0 Å². The molecule has 4 rings (SSSR count). The first-order chi connectivity index (χ1) is 10.7. The molecule has 0 fully saturated rings. The molecule has 1 aliphatic rings. The molecule has 1 N–H and O–H groups in total. The van der Waals surface area contributed by atoms with E-state index in [4.69, 9.17) is 9.47 Å². The van der Waals surface area contributed by atoms with Crippen molar-refractivity contribution in [2.75, 3.05) is 12.1 Å². The number of imidazole rings is 1. The second kappa shape index (κ2) is 4.77. The maximum Gasteiger partial charge on any atom is 0.274 e. The lowest BCUT2D eigenvalue weighted by molar-refractivity contribution is 0.102. The molecule has 0 atom stereocenters. The maximum absolute atomic E-state index is 12.6. The molecule has 0 saturated carbocycles. The zero-order valence-electron chi connectivity index (χ0n) is 11.9. The molecule has 0 bridgehead atoms. The van der Waals surface area contributed by atoms with Crippen LogP contribution in [-0.2, 0) is 0 Å². The van der Waals surface area contributed by atoms with Crippen LogP contribution < -0.4 is 14.8 Å². The normalized spacial score (nSPS) is 12.6. The van der Waals surface area contributed by atoms with Gasteiger partial charge in [-0.2, -0.15) is 0 Å². The summed E-state index contributed by atoms with van der Waals surface area (Å²) in [6, 6.07) is 10.9. The molecule has 1 aromatic carbocycles. The van der Waals surface area contributed by atoms with E-state index in [0.29, 0.717) is 28.6 Å². The van der Waals surface area contributed by atoms with Crippen LogP contribution in [-0.4, -0.2) is 22.1 Å². The summed E-state index contributed by atoms with van der Waals surface area (Å²) in [4.78, 5) is 17.0. The Bertz CT molecular complexity index is 885. The minimum absolute atomic E-state index is 0.207. The van der Waals surface area contributed by atoms with Gasteiger partial charge in [0.2, 0.25) is 6.79 Å². The molecule has 0 saturated heterocycles. The Morgan fingerprint density at radius 2 is 2.09 bits per heavy atom.